The first kappa shape index (κ1) is 14.4. The summed E-state index contributed by atoms with van der Waals surface area (Å²) in [5, 5.41) is 0.426. The minimum atomic E-state index is 0.163. The third-order valence-electron chi connectivity index (χ3n) is 3.95. The number of nitrogen functional groups attached to an aromatic ring is 1. The molecule has 0 spiro atoms. The van der Waals surface area contributed by atoms with Crippen molar-refractivity contribution in [2.75, 3.05) is 5.73 Å². The Hall–Kier alpha value is -1.03. The molecule has 19 heavy (non-hydrogen) atoms. The summed E-state index contributed by atoms with van der Waals surface area (Å²) < 4.78 is 6.05. The Labute approximate surface area is 119 Å². The zero-order valence-corrected chi connectivity index (χ0v) is 12.5. The average Bonchev–Trinajstić information content (AvgIpc) is 2.33. The lowest BCUT2D eigenvalue weighted by Crippen LogP contribution is -2.36. The van der Waals surface area contributed by atoms with Crippen LogP contribution in [0.2, 0.25) is 5.02 Å². The Kier molecular flexibility index (Phi) is 4.50. The van der Waals surface area contributed by atoms with E-state index in [0.29, 0.717) is 28.7 Å². The van der Waals surface area contributed by atoms with Crippen LogP contribution < -0.4 is 10.5 Å². The molecule has 0 amide bonds. The lowest BCUT2D eigenvalue weighted by molar-refractivity contribution is 0.0427. The molecule has 2 N–H and O–H groups in total. The van der Waals surface area contributed by atoms with E-state index in [9.17, 15) is 0 Å². The number of ether oxygens (including phenoxy) is 1. The van der Waals surface area contributed by atoms with Gasteiger partial charge in [0.25, 0.3) is 0 Å². The van der Waals surface area contributed by atoms with Crippen molar-refractivity contribution >= 4 is 17.5 Å². The molecule has 1 saturated carbocycles. The Morgan fingerprint density at radius 1 is 1.42 bits per heavy atom. The fraction of sp³-hybridized carbons (Fsp3) is 0.714. The first-order valence-corrected chi connectivity index (χ1v) is 7.29. The molecule has 0 aliphatic heterocycles. The third-order valence-corrected chi connectivity index (χ3v) is 4.21. The molecule has 5 heteroatoms. The molecular formula is C14H22ClN3O. The molecule has 4 nitrogen and oxygen atoms in total. The summed E-state index contributed by atoms with van der Waals surface area (Å²) >= 11 is 6.07. The number of hydrogen-bond acceptors (Lipinski definition) is 4. The van der Waals surface area contributed by atoms with E-state index in [2.05, 4.69) is 30.7 Å². The van der Waals surface area contributed by atoms with Gasteiger partial charge in [-0.05, 0) is 30.6 Å². The maximum atomic E-state index is 6.07. The molecule has 1 aromatic heterocycles. The van der Waals surface area contributed by atoms with Crippen LogP contribution in [0.15, 0.2) is 6.20 Å². The van der Waals surface area contributed by atoms with Gasteiger partial charge in [-0.15, -0.1) is 0 Å². The van der Waals surface area contributed by atoms with Crippen LogP contribution in [0.3, 0.4) is 0 Å². The van der Waals surface area contributed by atoms with Gasteiger partial charge in [0.05, 0.1) is 6.20 Å². The number of halogens is 1. The number of nitrogens with zero attached hydrogens (tertiary/aromatic N) is 2. The van der Waals surface area contributed by atoms with Crippen LogP contribution in [-0.2, 0) is 0 Å². The summed E-state index contributed by atoms with van der Waals surface area (Å²) in [4.78, 5) is 7.95. The highest BCUT2D eigenvalue weighted by molar-refractivity contribution is 6.31. The normalized spacial score (nSPS) is 27.5. The zero-order valence-electron chi connectivity index (χ0n) is 11.8. The number of nitrogens with two attached hydrogens (primary N) is 1. The summed E-state index contributed by atoms with van der Waals surface area (Å²) in [6.45, 7) is 6.75. The van der Waals surface area contributed by atoms with Gasteiger partial charge in [-0.3, -0.25) is 0 Å². The van der Waals surface area contributed by atoms with E-state index < -0.39 is 0 Å². The standard InChI is InChI=1S/C14H22ClN3O/c1-8(2)10-5-4-9(3)6-12(10)19-13-11(15)7-17-14(16)18-13/h7-10,12H,4-6H2,1-3H3,(H2,16,17,18). The lowest BCUT2D eigenvalue weighted by Gasteiger charge is -2.37. The number of aromatic nitrogens is 2. The van der Waals surface area contributed by atoms with Crippen molar-refractivity contribution in [1.29, 1.82) is 0 Å². The molecule has 0 bridgehead atoms. The largest absolute Gasteiger partial charge is 0.473 e. The van der Waals surface area contributed by atoms with Gasteiger partial charge < -0.3 is 10.5 Å². The Balaban J connectivity index is 2.16. The van der Waals surface area contributed by atoms with Crippen LogP contribution in [0.1, 0.15) is 40.0 Å². The zero-order chi connectivity index (χ0) is 14.0. The van der Waals surface area contributed by atoms with Crippen molar-refractivity contribution in [3.8, 4) is 5.88 Å². The van der Waals surface area contributed by atoms with Crippen LogP contribution >= 0.6 is 11.6 Å². The van der Waals surface area contributed by atoms with Crippen LogP contribution in [0.4, 0.5) is 5.95 Å². The van der Waals surface area contributed by atoms with Crippen molar-refractivity contribution in [3.05, 3.63) is 11.2 Å². The molecule has 1 aliphatic rings. The van der Waals surface area contributed by atoms with Crippen LogP contribution in [0.5, 0.6) is 5.88 Å². The van der Waals surface area contributed by atoms with Gasteiger partial charge in [0.1, 0.15) is 11.1 Å². The SMILES string of the molecule is CC1CCC(C(C)C)C(Oc2nc(N)ncc2Cl)C1. The molecule has 3 unspecified atom stereocenters. The molecule has 1 aromatic rings. The van der Waals surface area contributed by atoms with Crippen molar-refractivity contribution in [2.45, 2.75) is 46.1 Å². The van der Waals surface area contributed by atoms with Gasteiger partial charge >= 0.3 is 0 Å². The summed E-state index contributed by atoms with van der Waals surface area (Å²) in [6.07, 6.45) is 5.17. The highest BCUT2D eigenvalue weighted by atomic mass is 35.5. The molecular weight excluding hydrogens is 262 g/mol. The first-order chi connectivity index (χ1) is 8.97. The fourth-order valence-corrected chi connectivity index (χ4v) is 2.98. The molecule has 1 aliphatic carbocycles. The fourth-order valence-electron chi connectivity index (χ4n) is 2.84. The van der Waals surface area contributed by atoms with Crippen LogP contribution in [0.25, 0.3) is 0 Å². The Morgan fingerprint density at radius 2 is 2.16 bits per heavy atom. The molecule has 2 rings (SSSR count). The molecule has 3 atom stereocenters. The van der Waals surface area contributed by atoms with Crippen molar-refractivity contribution in [1.82, 2.24) is 9.97 Å². The van der Waals surface area contributed by atoms with E-state index in [1.807, 2.05) is 0 Å². The van der Waals surface area contributed by atoms with E-state index >= 15 is 0 Å². The molecule has 0 aromatic carbocycles. The second kappa shape index (κ2) is 5.95. The van der Waals surface area contributed by atoms with E-state index in [4.69, 9.17) is 22.1 Å². The third kappa shape index (κ3) is 3.50. The number of anilines is 1. The quantitative estimate of drug-likeness (QED) is 0.921. The van der Waals surface area contributed by atoms with E-state index in [1.165, 1.54) is 19.0 Å². The minimum absolute atomic E-state index is 0.163. The molecule has 106 valence electrons. The highest BCUT2D eigenvalue weighted by Gasteiger charge is 2.33. The molecule has 0 radical (unpaired) electrons. The molecule has 0 saturated heterocycles. The van der Waals surface area contributed by atoms with Gasteiger partial charge in [0.2, 0.25) is 11.8 Å². The summed E-state index contributed by atoms with van der Waals surface area (Å²) in [6, 6.07) is 0. The van der Waals surface area contributed by atoms with Gasteiger partial charge in [-0.1, -0.05) is 38.8 Å². The predicted molar refractivity (Wildman–Crippen MR) is 77.2 cm³/mol. The van der Waals surface area contributed by atoms with Gasteiger partial charge in [0.15, 0.2) is 0 Å². The summed E-state index contributed by atoms with van der Waals surface area (Å²) in [5.74, 6) is 2.43. The number of hydrogen-bond donors (Lipinski definition) is 1. The smallest absolute Gasteiger partial charge is 0.237 e. The van der Waals surface area contributed by atoms with E-state index in [1.54, 1.807) is 0 Å². The highest BCUT2D eigenvalue weighted by Crippen LogP contribution is 2.36. The Bertz CT molecular complexity index is 439. The molecule has 1 heterocycles. The van der Waals surface area contributed by atoms with Crippen molar-refractivity contribution in [2.24, 2.45) is 17.8 Å². The first-order valence-electron chi connectivity index (χ1n) is 6.92. The second-order valence-electron chi connectivity index (χ2n) is 5.86. The number of rotatable bonds is 3. The van der Waals surface area contributed by atoms with Gasteiger partial charge in [0, 0.05) is 0 Å². The van der Waals surface area contributed by atoms with Crippen LogP contribution in [0, 0.1) is 17.8 Å². The van der Waals surface area contributed by atoms with Gasteiger partial charge in [-0.25, -0.2) is 4.98 Å². The average molecular weight is 284 g/mol. The maximum absolute atomic E-state index is 6.07. The monoisotopic (exact) mass is 283 g/mol. The van der Waals surface area contributed by atoms with Crippen molar-refractivity contribution in [3.63, 3.8) is 0 Å². The minimum Gasteiger partial charge on any atom is -0.473 e. The second-order valence-corrected chi connectivity index (χ2v) is 6.27. The topological polar surface area (TPSA) is 61.0 Å². The Morgan fingerprint density at radius 3 is 2.84 bits per heavy atom. The lowest BCUT2D eigenvalue weighted by atomic mass is 9.75. The van der Waals surface area contributed by atoms with E-state index in [-0.39, 0.29) is 12.1 Å². The van der Waals surface area contributed by atoms with Crippen molar-refractivity contribution < 1.29 is 4.74 Å². The molecule has 1 fully saturated rings. The maximum Gasteiger partial charge on any atom is 0.237 e. The van der Waals surface area contributed by atoms with Gasteiger partial charge in [-0.2, -0.15) is 4.98 Å². The van der Waals surface area contributed by atoms with E-state index in [0.717, 1.165) is 6.42 Å². The predicted octanol–water partition coefficient (Wildman–Crippen LogP) is 3.55. The summed E-state index contributed by atoms with van der Waals surface area (Å²) in [7, 11) is 0. The van der Waals surface area contributed by atoms with Crippen LogP contribution in [-0.4, -0.2) is 16.1 Å². The summed E-state index contributed by atoms with van der Waals surface area (Å²) in [5.41, 5.74) is 5.59.